The molecule has 3 heterocycles. The van der Waals surface area contributed by atoms with Crippen LogP contribution in [0.3, 0.4) is 0 Å². The summed E-state index contributed by atoms with van der Waals surface area (Å²) >= 11 is 0. The van der Waals surface area contributed by atoms with E-state index in [4.69, 9.17) is 15.7 Å². The molecule has 118 valence electrons. The lowest BCUT2D eigenvalue weighted by molar-refractivity contribution is 0.0481. The number of carbonyl (C=O) groups is 1. The number of ether oxygens (including phenoxy) is 1. The molecule has 8 heteroatoms. The first-order valence-corrected chi connectivity index (χ1v) is 7.36. The third-order valence-electron chi connectivity index (χ3n) is 3.49. The molecule has 0 unspecified atom stereocenters. The highest BCUT2D eigenvalue weighted by atomic mass is 16.5. The van der Waals surface area contributed by atoms with Gasteiger partial charge in [-0.25, -0.2) is 9.64 Å². The van der Waals surface area contributed by atoms with Crippen LogP contribution in [0.25, 0.3) is 16.3 Å². The summed E-state index contributed by atoms with van der Waals surface area (Å²) in [5.41, 5.74) is 0.933. The van der Waals surface area contributed by atoms with Gasteiger partial charge in [0.1, 0.15) is 5.82 Å². The highest BCUT2D eigenvalue weighted by Gasteiger charge is 2.23. The van der Waals surface area contributed by atoms with Gasteiger partial charge < -0.3 is 14.1 Å². The second-order valence-electron chi connectivity index (χ2n) is 5.00. The van der Waals surface area contributed by atoms with Gasteiger partial charge in [0.05, 0.1) is 18.7 Å². The molecule has 0 aromatic carbocycles. The van der Waals surface area contributed by atoms with Gasteiger partial charge in [0.15, 0.2) is 0 Å². The van der Waals surface area contributed by atoms with Gasteiger partial charge >= 0.3 is 11.9 Å². The summed E-state index contributed by atoms with van der Waals surface area (Å²) in [7, 11) is 0. The molecule has 0 saturated carbocycles. The highest BCUT2D eigenvalue weighted by Crippen LogP contribution is 2.33. The van der Waals surface area contributed by atoms with Gasteiger partial charge in [0, 0.05) is 19.3 Å². The van der Waals surface area contributed by atoms with Crippen molar-refractivity contribution in [2.24, 2.45) is 0 Å². The minimum Gasteiger partial charge on any atom is -0.459 e. The maximum Gasteiger partial charge on any atom is 0.396 e. The first-order chi connectivity index (χ1) is 11.2. The molecule has 1 aliphatic heterocycles. The predicted molar refractivity (Wildman–Crippen MR) is 81.2 cm³/mol. The van der Waals surface area contributed by atoms with Gasteiger partial charge in [-0.15, -0.1) is 10.2 Å². The second-order valence-corrected chi connectivity index (χ2v) is 5.00. The molecular formula is C15H15N5O3. The Kier molecular flexibility index (Phi) is 4.19. The molecule has 0 N–H and O–H groups in total. The van der Waals surface area contributed by atoms with E-state index in [1.54, 1.807) is 13.0 Å². The van der Waals surface area contributed by atoms with Crippen molar-refractivity contribution < 1.29 is 13.9 Å². The standard InChI is InChI=1S/C15H15N5O3/c1-3-22-15(21)14-19-18-13(23-14)11-8-10(16-2)9-17-12(11)20-6-4-5-7-20/h8-9H,3-7H2,1H3. The fourth-order valence-electron chi connectivity index (χ4n) is 2.45. The molecule has 3 rings (SSSR count). The Labute approximate surface area is 132 Å². The summed E-state index contributed by atoms with van der Waals surface area (Å²) in [6.45, 7) is 10.8. The maximum atomic E-state index is 11.7. The van der Waals surface area contributed by atoms with Crippen molar-refractivity contribution in [2.75, 3.05) is 24.6 Å². The fraction of sp³-hybridized carbons (Fsp3) is 0.400. The summed E-state index contributed by atoms with van der Waals surface area (Å²) in [5, 5.41) is 7.63. The van der Waals surface area contributed by atoms with Crippen molar-refractivity contribution in [3.63, 3.8) is 0 Å². The van der Waals surface area contributed by atoms with Gasteiger partial charge in [-0.1, -0.05) is 0 Å². The molecule has 0 radical (unpaired) electrons. The number of rotatable bonds is 4. The lowest BCUT2D eigenvalue weighted by Gasteiger charge is -2.18. The van der Waals surface area contributed by atoms with Crippen LogP contribution < -0.4 is 4.90 Å². The Hall–Kier alpha value is -2.95. The summed E-state index contributed by atoms with van der Waals surface area (Å²) in [6, 6.07) is 1.65. The van der Waals surface area contributed by atoms with E-state index in [2.05, 4.69) is 24.9 Å². The number of hydrogen-bond donors (Lipinski definition) is 0. The largest absolute Gasteiger partial charge is 0.459 e. The topological polar surface area (TPSA) is 85.7 Å². The van der Waals surface area contributed by atoms with Crippen LogP contribution in [-0.4, -0.2) is 40.8 Å². The van der Waals surface area contributed by atoms with Gasteiger partial charge in [-0.3, -0.25) is 4.98 Å². The van der Waals surface area contributed by atoms with E-state index < -0.39 is 5.97 Å². The number of hydrogen-bond acceptors (Lipinski definition) is 7. The van der Waals surface area contributed by atoms with Crippen molar-refractivity contribution in [3.8, 4) is 11.5 Å². The minimum absolute atomic E-state index is 0.160. The van der Waals surface area contributed by atoms with E-state index in [0.717, 1.165) is 25.9 Å². The first kappa shape index (κ1) is 15.0. The van der Waals surface area contributed by atoms with Gasteiger partial charge in [0.2, 0.25) is 5.69 Å². The smallest absolute Gasteiger partial charge is 0.396 e. The average molecular weight is 313 g/mol. The Morgan fingerprint density at radius 3 is 2.91 bits per heavy atom. The summed E-state index contributed by atoms with van der Waals surface area (Å²) in [6.07, 6.45) is 3.69. The van der Waals surface area contributed by atoms with Crippen molar-refractivity contribution in [3.05, 3.63) is 29.6 Å². The van der Waals surface area contributed by atoms with E-state index in [1.807, 2.05) is 0 Å². The molecule has 0 amide bonds. The van der Waals surface area contributed by atoms with Crippen LogP contribution in [-0.2, 0) is 4.74 Å². The number of pyridine rings is 1. The van der Waals surface area contributed by atoms with Crippen molar-refractivity contribution in [1.29, 1.82) is 0 Å². The van der Waals surface area contributed by atoms with Crippen molar-refractivity contribution >= 4 is 17.5 Å². The lowest BCUT2D eigenvalue weighted by Crippen LogP contribution is -2.19. The molecule has 0 bridgehead atoms. The van der Waals surface area contributed by atoms with Crippen LogP contribution in [0.15, 0.2) is 16.7 Å². The van der Waals surface area contributed by atoms with Crippen LogP contribution in [0.5, 0.6) is 0 Å². The van der Waals surface area contributed by atoms with E-state index in [9.17, 15) is 4.79 Å². The van der Waals surface area contributed by atoms with Crippen molar-refractivity contribution in [2.45, 2.75) is 19.8 Å². The van der Waals surface area contributed by atoms with Gasteiger partial charge in [-0.2, -0.15) is 0 Å². The quantitative estimate of drug-likeness (QED) is 0.633. The number of aromatic nitrogens is 3. The molecule has 8 nitrogen and oxygen atoms in total. The summed E-state index contributed by atoms with van der Waals surface area (Å²) < 4.78 is 10.3. The molecule has 0 spiro atoms. The lowest BCUT2D eigenvalue weighted by atomic mass is 10.2. The highest BCUT2D eigenvalue weighted by molar-refractivity contribution is 5.84. The van der Waals surface area contributed by atoms with E-state index in [0.29, 0.717) is 17.1 Å². The molecule has 1 saturated heterocycles. The number of carbonyl (C=O) groups excluding carboxylic acids is 1. The third-order valence-corrected chi connectivity index (χ3v) is 3.49. The normalized spacial score (nSPS) is 13.8. The van der Waals surface area contributed by atoms with Crippen LogP contribution in [0.4, 0.5) is 11.5 Å². The van der Waals surface area contributed by atoms with Crippen LogP contribution >= 0.6 is 0 Å². The minimum atomic E-state index is -0.664. The molecule has 1 aliphatic rings. The molecule has 2 aromatic heterocycles. The monoisotopic (exact) mass is 313 g/mol. The van der Waals surface area contributed by atoms with Gasteiger partial charge in [0.25, 0.3) is 5.89 Å². The Morgan fingerprint density at radius 1 is 1.43 bits per heavy atom. The molecule has 0 atom stereocenters. The maximum absolute atomic E-state index is 11.7. The summed E-state index contributed by atoms with van der Waals surface area (Å²) in [5.74, 6) is -0.0207. The summed E-state index contributed by atoms with van der Waals surface area (Å²) in [4.78, 5) is 21.5. The Balaban J connectivity index is 2.00. The van der Waals surface area contributed by atoms with Crippen molar-refractivity contribution in [1.82, 2.24) is 15.2 Å². The van der Waals surface area contributed by atoms with Crippen LogP contribution in [0.2, 0.25) is 0 Å². The number of esters is 1. The van der Waals surface area contributed by atoms with Gasteiger partial charge in [-0.05, 0) is 25.8 Å². The third kappa shape index (κ3) is 2.99. The fourth-order valence-corrected chi connectivity index (χ4v) is 2.45. The molecule has 23 heavy (non-hydrogen) atoms. The zero-order valence-electron chi connectivity index (χ0n) is 12.7. The zero-order valence-corrected chi connectivity index (χ0v) is 12.7. The Bertz CT molecular complexity index is 759. The molecular weight excluding hydrogens is 298 g/mol. The number of anilines is 1. The zero-order chi connectivity index (χ0) is 16.2. The van der Waals surface area contributed by atoms with E-state index in [1.165, 1.54) is 6.20 Å². The predicted octanol–water partition coefficient (Wildman–Crippen LogP) is 2.46. The first-order valence-electron chi connectivity index (χ1n) is 7.36. The molecule has 1 fully saturated rings. The average Bonchev–Trinajstić information content (AvgIpc) is 3.26. The van der Waals surface area contributed by atoms with Crippen LogP contribution in [0, 0.1) is 6.57 Å². The van der Waals surface area contributed by atoms with Crippen LogP contribution in [0.1, 0.15) is 30.5 Å². The molecule has 0 aliphatic carbocycles. The second kappa shape index (κ2) is 6.44. The Morgan fingerprint density at radius 2 is 2.22 bits per heavy atom. The van der Waals surface area contributed by atoms with E-state index in [-0.39, 0.29) is 18.4 Å². The van der Waals surface area contributed by atoms with E-state index >= 15 is 0 Å². The number of nitrogens with zero attached hydrogens (tertiary/aromatic N) is 5. The SMILES string of the molecule is [C-]#[N+]c1cnc(N2CCCC2)c(-c2nnc(C(=O)OCC)o2)c1. The molecule has 2 aromatic rings.